The molecule has 0 aliphatic heterocycles. The molecular weight excluding hydrogens is 381 g/mol. The average molecular weight is 401 g/mol. The number of guanidine groups is 1. The van der Waals surface area contributed by atoms with Gasteiger partial charge in [-0.2, -0.15) is 4.98 Å². The molecule has 114 valence electrons. The van der Waals surface area contributed by atoms with E-state index in [4.69, 9.17) is 4.52 Å². The van der Waals surface area contributed by atoms with Crippen LogP contribution in [-0.2, 0) is 13.1 Å². The van der Waals surface area contributed by atoms with Gasteiger partial charge in [0.1, 0.15) is 0 Å². The van der Waals surface area contributed by atoms with Gasteiger partial charge in [0.15, 0.2) is 11.8 Å². The van der Waals surface area contributed by atoms with Crippen LogP contribution in [0.3, 0.4) is 0 Å². The van der Waals surface area contributed by atoms with Gasteiger partial charge in [0.05, 0.1) is 13.1 Å². The summed E-state index contributed by atoms with van der Waals surface area (Å²) in [5, 5.41) is 6.95. The van der Waals surface area contributed by atoms with Crippen LogP contribution in [0.25, 0.3) is 0 Å². The highest BCUT2D eigenvalue weighted by Gasteiger charge is 2.06. The molecule has 1 N–H and O–H groups in total. The van der Waals surface area contributed by atoms with Crippen LogP contribution in [-0.4, -0.2) is 35.1 Å². The normalized spacial score (nSPS) is 10.9. The van der Waals surface area contributed by atoms with Crippen LogP contribution < -0.4 is 5.32 Å². The number of nitrogens with one attached hydrogen (secondary N) is 1. The van der Waals surface area contributed by atoms with Crippen molar-refractivity contribution in [3.8, 4) is 0 Å². The highest BCUT2D eigenvalue weighted by atomic mass is 127. The number of aryl methyl sites for hydroxylation is 1. The summed E-state index contributed by atoms with van der Waals surface area (Å²) in [6, 6.07) is 10.1. The lowest BCUT2D eigenvalue weighted by molar-refractivity contribution is 0.369. The molecule has 0 amide bonds. The lowest BCUT2D eigenvalue weighted by atomic mass is 10.2. The van der Waals surface area contributed by atoms with E-state index in [9.17, 15) is 0 Å². The molecule has 1 heterocycles. The molecule has 0 fully saturated rings. The number of hydrogen-bond donors (Lipinski definition) is 1. The molecule has 21 heavy (non-hydrogen) atoms. The molecule has 0 saturated carbocycles. The molecule has 7 heteroatoms. The van der Waals surface area contributed by atoms with E-state index in [1.165, 1.54) is 5.56 Å². The van der Waals surface area contributed by atoms with Crippen LogP contribution in [0.2, 0.25) is 0 Å². The quantitative estimate of drug-likeness (QED) is 0.484. The molecule has 2 aromatic rings. The highest BCUT2D eigenvalue weighted by Crippen LogP contribution is 2.01. The van der Waals surface area contributed by atoms with Crippen LogP contribution >= 0.6 is 24.0 Å². The minimum Gasteiger partial charge on any atom is -0.349 e. The smallest absolute Gasteiger partial charge is 0.246 e. The molecule has 0 aliphatic rings. The molecule has 1 aromatic heterocycles. The number of benzene rings is 1. The number of rotatable bonds is 4. The number of nitrogens with zero attached hydrogens (tertiary/aromatic N) is 4. The molecule has 0 radical (unpaired) electrons. The van der Waals surface area contributed by atoms with Gasteiger partial charge in [0, 0.05) is 14.1 Å². The van der Waals surface area contributed by atoms with E-state index in [0.717, 1.165) is 5.96 Å². The maximum absolute atomic E-state index is 5.06. The molecule has 0 bridgehead atoms. The summed E-state index contributed by atoms with van der Waals surface area (Å²) < 4.78 is 5.06. The van der Waals surface area contributed by atoms with E-state index in [-0.39, 0.29) is 24.0 Å². The molecule has 0 spiro atoms. The largest absolute Gasteiger partial charge is 0.349 e. The molecule has 1 aromatic carbocycles. The third-order valence-electron chi connectivity index (χ3n) is 2.65. The first kappa shape index (κ1) is 17.4. The number of aromatic nitrogens is 2. The predicted octanol–water partition coefficient (Wildman–Crippen LogP) is 2.20. The minimum absolute atomic E-state index is 0. The van der Waals surface area contributed by atoms with Gasteiger partial charge in [0.2, 0.25) is 5.89 Å². The number of aliphatic imine (C=N–C) groups is 1. The summed E-state index contributed by atoms with van der Waals surface area (Å²) in [6.07, 6.45) is 0. The Balaban J connectivity index is 0.00000220. The van der Waals surface area contributed by atoms with Crippen LogP contribution in [0.15, 0.2) is 39.8 Å². The Morgan fingerprint density at radius 1 is 1.29 bits per heavy atom. The van der Waals surface area contributed by atoms with Crippen LogP contribution in [0, 0.1) is 6.92 Å². The third-order valence-corrected chi connectivity index (χ3v) is 2.65. The topological polar surface area (TPSA) is 66.6 Å². The maximum Gasteiger partial charge on any atom is 0.246 e. The Bertz CT molecular complexity index is 568. The van der Waals surface area contributed by atoms with Gasteiger partial charge in [-0.25, -0.2) is 4.99 Å². The van der Waals surface area contributed by atoms with Crippen molar-refractivity contribution in [3.63, 3.8) is 0 Å². The summed E-state index contributed by atoms with van der Waals surface area (Å²) in [5.41, 5.74) is 1.17. The van der Waals surface area contributed by atoms with E-state index in [2.05, 4.69) is 32.6 Å². The first-order valence-electron chi connectivity index (χ1n) is 6.44. The van der Waals surface area contributed by atoms with Crippen molar-refractivity contribution < 1.29 is 4.52 Å². The maximum atomic E-state index is 5.06. The van der Waals surface area contributed by atoms with Gasteiger partial charge in [-0.05, 0) is 12.5 Å². The van der Waals surface area contributed by atoms with Crippen molar-refractivity contribution in [1.29, 1.82) is 0 Å². The first-order chi connectivity index (χ1) is 9.65. The second kappa shape index (κ2) is 8.60. The lowest BCUT2D eigenvalue weighted by Crippen LogP contribution is -2.36. The Hall–Kier alpha value is -1.64. The first-order valence-corrected chi connectivity index (χ1v) is 6.44. The van der Waals surface area contributed by atoms with Crippen molar-refractivity contribution in [2.45, 2.75) is 20.0 Å². The molecular formula is C14H20IN5O. The SMILES string of the molecule is Cc1noc(CNC(=NCc2ccccc2)N(C)C)n1.I. The number of halogens is 1. The van der Waals surface area contributed by atoms with E-state index < -0.39 is 0 Å². The van der Waals surface area contributed by atoms with Gasteiger partial charge >= 0.3 is 0 Å². The van der Waals surface area contributed by atoms with E-state index in [1.54, 1.807) is 6.92 Å². The standard InChI is InChI=1S/C14H19N5O.HI/c1-11-17-13(20-18-11)10-16-14(19(2)3)15-9-12-7-5-4-6-8-12;/h4-8H,9-10H2,1-3H3,(H,15,16);1H. The Morgan fingerprint density at radius 3 is 2.57 bits per heavy atom. The molecule has 2 rings (SSSR count). The average Bonchev–Trinajstić information content (AvgIpc) is 2.85. The van der Waals surface area contributed by atoms with Gasteiger partial charge < -0.3 is 14.7 Å². The van der Waals surface area contributed by atoms with Crippen LogP contribution in [0.5, 0.6) is 0 Å². The fraction of sp³-hybridized carbons (Fsp3) is 0.357. The van der Waals surface area contributed by atoms with Crippen molar-refractivity contribution in [2.24, 2.45) is 4.99 Å². The summed E-state index contributed by atoms with van der Waals surface area (Å²) in [4.78, 5) is 10.6. The highest BCUT2D eigenvalue weighted by molar-refractivity contribution is 14.0. The Labute approximate surface area is 141 Å². The zero-order chi connectivity index (χ0) is 14.4. The minimum atomic E-state index is 0. The van der Waals surface area contributed by atoms with Crippen molar-refractivity contribution in [2.75, 3.05) is 14.1 Å². The summed E-state index contributed by atoms with van der Waals surface area (Å²) in [6.45, 7) is 2.89. The summed E-state index contributed by atoms with van der Waals surface area (Å²) >= 11 is 0. The van der Waals surface area contributed by atoms with Gasteiger partial charge in [0.25, 0.3) is 0 Å². The summed E-state index contributed by atoms with van der Waals surface area (Å²) in [5.74, 6) is 1.97. The Kier molecular flexibility index (Phi) is 7.13. The monoisotopic (exact) mass is 401 g/mol. The predicted molar refractivity (Wildman–Crippen MR) is 92.6 cm³/mol. The molecule has 0 atom stereocenters. The van der Waals surface area contributed by atoms with Gasteiger partial charge in [-0.3, -0.25) is 0 Å². The molecule has 0 unspecified atom stereocenters. The third kappa shape index (κ3) is 5.70. The van der Waals surface area contributed by atoms with Crippen molar-refractivity contribution in [3.05, 3.63) is 47.6 Å². The lowest BCUT2D eigenvalue weighted by Gasteiger charge is -2.16. The van der Waals surface area contributed by atoms with Crippen LogP contribution in [0.1, 0.15) is 17.3 Å². The van der Waals surface area contributed by atoms with E-state index >= 15 is 0 Å². The second-order valence-corrected chi connectivity index (χ2v) is 4.61. The fourth-order valence-electron chi connectivity index (χ4n) is 1.67. The van der Waals surface area contributed by atoms with Crippen molar-refractivity contribution in [1.82, 2.24) is 20.4 Å². The van der Waals surface area contributed by atoms with Gasteiger partial charge in [-0.15, -0.1) is 24.0 Å². The second-order valence-electron chi connectivity index (χ2n) is 4.61. The van der Waals surface area contributed by atoms with Crippen LogP contribution in [0.4, 0.5) is 0 Å². The molecule has 0 saturated heterocycles. The molecule has 6 nitrogen and oxygen atoms in total. The Morgan fingerprint density at radius 2 is 2.00 bits per heavy atom. The van der Waals surface area contributed by atoms with E-state index in [1.807, 2.05) is 37.2 Å². The van der Waals surface area contributed by atoms with Gasteiger partial charge in [-0.1, -0.05) is 35.5 Å². The zero-order valence-corrected chi connectivity index (χ0v) is 14.7. The number of hydrogen-bond acceptors (Lipinski definition) is 4. The fourth-order valence-corrected chi connectivity index (χ4v) is 1.67. The summed E-state index contributed by atoms with van der Waals surface area (Å²) in [7, 11) is 3.88. The zero-order valence-electron chi connectivity index (χ0n) is 12.4. The molecule has 0 aliphatic carbocycles. The van der Waals surface area contributed by atoms with E-state index in [0.29, 0.717) is 24.8 Å². The van der Waals surface area contributed by atoms with Crippen molar-refractivity contribution >= 4 is 29.9 Å².